The van der Waals surface area contributed by atoms with Gasteiger partial charge in [0.15, 0.2) is 0 Å². The van der Waals surface area contributed by atoms with Gasteiger partial charge in [0.2, 0.25) is 0 Å². The van der Waals surface area contributed by atoms with Gasteiger partial charge in [-0.05, 0) is 35.3 Å². The third-order valence-corrected chi connectivity index (χ3v) is 3.79. The molecule has 0 fully saturated rings. The molecule has 1 aromatic carbocycles. The zero-order chi connectivity index (χ0) is 15.1. The summed E-state index contributed by atoms with van der Waals surface area (Å²) in [5.41, 5.74) is 0.820. The summed E-state index contributed by atoms with van der Waals surface area (Å²) in [4.78, 5) is 12.1. The molecule has 1 unspecified atom stereocenters. The van der Waals surface area contributed by atoms with E-state index in [4.69, 9.17) is 14.2 Å². The number of rotatable bonds is 7. The Balaban J connectivity index is 3.25. The molecule has 20 heavy (non-hydrogen) atoms. The van der Waals surface area contributed by atoms with Crippen molar-refractivity contribution < 1.29 is 19.0 Å². The number of benzene rings is 1. The Morgan fingerprint density at radius 3 is 2.45 bits per heavy atom. The Kier molecular flexibility index (Phi) is 6.85. The minimum Gasteiger partial charge on any atom is -0.495 e. The Bertz CT molecular complexity index is 459. The first kappa shape index (κ1) is 16.8. The van der Waals surface area contributed by atoms with E-state index in [1.807, 2.05) is 26.0 Å². The van der Waals surface area contributed by atoms with Crippen LogP contribution in [0.25, 0.3) is 0 Å². The first-order valence-electron chi connectivity index (χ1n) is 6.67. The summed E-state index contributed by atoms with van der Waals surface area (Å²) in [6, 6.07) is 3.68. The van der Waals surface area contributed by atoms with E-state index in [1.165, 1.54) is 0 Å². The molecule has 0 aromatic heterocycles. The molecule has 0 amide bonds. The van der Waals surface area contributed by atoms with Gasteiger partial charge in [-0.3, -0.25) is 4.79 Å². The highest BCUT2D eigenvalue weighted by Gasteiger charge is 2.26. The molecule has 1 atom stereocenters. The predicted molar refractivity (Wildman–Crippen MR) is 81.5 cm³/mol. The summed E-state index contributed by atoms with van der Waals surface area (Å²) in [7, 11) is 3.17. The Morgan fingerprint density at radius 2 is 1.95 bits per heavy atom. The molecular formula is C15H21BrO4. The van der Waals surface area contributed by atoms with E-state index in [0.29, 0.717) is 29.0 Å². The van der Waals surface area contributed by atoms with Crippen molar-refractivity contribution in [3.05, 3.63) is 22.2 Å². The van der Waals surface area contributed by atoms with Crippen LogP contribution in [0.4, 0.5) is 0 Å². The van der Waals surface area contributed by atoms with Crippen molar-refractivity contribution in [2.24, 2.45) is 0 Å². The average molecular weight is 345 g/mol. The van der Waals surface area contributed by atoms with Gasteiger partial charge in [0.05, 0.1) is 26.7 Å². The lowest BCUT2D eigenvalue weighted by molar-refractivity contribution is -0.145. The van der Waals surface area contributed by atoms with Gasteiger partial charge in [-0.15, -0.1) is 0 Å². The summed E-state index contributed by atoms with van der Waals surface area (Å²) >= 11 is 3.46. The largest absolute Gasteiger partial charge is 0.495 e. The molecular weight excluding hydrogens is 324 g/mol. The van der Waals surface area contributed by atoms with E-state index in [9.17, 15) is 4.79 Å². The molecule has 112 valence electrons. The average Bonchev–Trinajstić information content (AvgIpc) is 2.44. The number of esters is 1. The number of methoxy groups -OCH3 is 2. The van der Waals surface area contributed by atoms with E-state index < -0.39 is 0 Å². The van der Waals surface area contributed by atoms with Gasteiger partial charge in [-0.1, -0.05) is 19.4 Å². The topological polar surface area (TPSA) is 44.8 Å². The van der Waals surface area contributed by atoms with Gasteiger partial charge >= 0.3 is 5.97 Å². The molecule has 0 saturated carbocycles. The van der Waals surface area contributed by atoms with Crippen LogP contribution in [0, 0.1) is 0 Å². The van der Waals surface area contributed by atoms with Gasteiger partial charge in [0.25, 0.3) is 0 Å². The molecule has 0 heterocycles. The second-order valence-corrected chi connectivity index (χ2v) is 5.09. The Labute approximate surface area is 128 Å². The van der Waals surface area contributed by atoms with Crippen LogP contribution in [0.15, 0.2) is 16.6 Å². The first-order valence-corrected chi connectivity index (χ1v) is 7.46. The Hall–Kier alpha value is -1.23. The predicted octanol–water partition coefficient (Wildman–Crippen LogP) is 3.91. The van der Waals surface area contributed by atoms with Gasteiger partial charge in [0.1, 0.15) is 16.0 Å². The molecule has 0 N–H and O–H groups in total. The fourth-order valence-electron chi connectivity index (χ4n) is 2.12. The number of carbonyl (C=O) groups excluding carboxylic acids is 1. The first-order chi connectivity index (χ1) is 9.60. The molecule has 4 nitrogen and oxygen atoms in total. The van der Waals surface area contributed by atoms with E-state index in [1.54, 1.807) is 14.2 Å². The fourth-order valence-corrected chi connectivity index (χ4v) is 2.81. The highest BCUT2D eigenvalue weighted by Crippen LogP contribution is 2.41. The minimum absolute atomic E-state index is 0.218. The molecule has 1 rings (SSSR count). The normalized spacial score (nSPS) is 11.8. The van der Waals surface area contributed by atoms with Crippen LogP contribution in [-0.2, 0) is 9.53 Å². The van der Waals surface area contributed by atoms with E-state index >= 15 is 0 Å². The maximum atomic E-state index is 12.1. The quantitative estimate of drug-likeness (QED) is 0.703. The van der Waals surface area contributed by atoms with Crippen LogP contribution in [0.3, 0.4) is 0 Å². The smallest absolute Gasteiger partial charge is 0.313 e. The molecule has 0 bridgehead atoms. The van der Waals surface area contributed by atoms with E-state index in [0.717, 1.165) is 12.0 Å². The zero-order valence-corrected chi connectivity index (χ0v) is 14.0. The number of ether oxygens (including phenoxy) is 3. The summed E-state index contributed by atoms with van der Waals surface area (Å²) in [5, 5.41) is 0. The summed E-state index contributed by atoms with van der Waals surface area (Å²) < 4.78 is 16.6. The standard InChI is InChI=1S/C15H21BrO4/c1-5-7-11(15(17)20-6-2)10-8-9-12(18-3)13(16)14(10)19-4/h8-9,11H,5-7H2,1-4H3. The zero-order valence-electron chi connectivity index (χ0n) is 12.4. The van der Waals surface area contributed by atoms with Crippen molar-refractivity contribution in [2.75, 3.05) is 20.8 Å². The van der Waals surface area contributed by atoms with Gasteiger partial charge < -0.3 is 14.2 Å². The molecule has 0 aliphatic carbocycles. The SMILES string of the molecule is CCCC(C(=O)OCC)c1ccc(OC)c(Br)c1OC. The molecule has 0 aliphatic heterocycles. The number of halogens is 1. The monoisotopic (exact) mass is 344 g/mol. The van der Waals surface area contributed by atoms with Crippen LogP contribution >= 0.6 is 15.9 Å². The third kappa shape index (κ3) is 3.66. The van der Waals surface area contributed by atoms with Crippen LogP contribution < -0.4 is 9.47 Å². The van der Waals surface area contributed by atoms with Crippen molar-refractivity contribution >= 4 is 21.9 Å². The second-order valence-electron chi connectivity index (χ2n) is 4.30. The molecule has 0 spiro atoms. The van der Waals surface area contributed by atoms with Crippen molar-refractivity contribution in [3.63, 3.8) is 0 Å². The van der Waals surface area contributed by atoms with E-state index in [2.05, 4.69) is 15.9 Å². The fraction of sp³-hybridized carbons (Fsp3) is 0.533. The van der Waals surface area contributed by atoms with Crippen molar-refractivity contribution in [1.82, 2.24) is 0 Å². The molecule has 0 aliphatic rings. The maximum absolute atomic E-state index is 12.1. The minimum atomic E-state index is -0.322. The lowest BCUT2D eigenvalue weighted by Gasteiger charge is -2.20. The lowest BCUT2D eigenvalue weighted by Crippen LogP contribution is -2.17. The van der Waals surface area contributed by atoms with Gasteiger partial charge in [0, 0.05) is 5.56 Å². The van der Waals surface area contributed by atoms with Crippen molar-refractivity contribution in [2.45, 2.75) is 32.6 Å². The van der Waals surface area contributed by atoms with Gasteiger partial charge in [-0.25, -0.2) is 0 Å². The molecule has 0 radical (unpaired) electrons. The van der Waals surface area contributed by atoms with Gasteiger partial charge in [-0.2, -0.15) is 0 Å². The molecule has 0 saturated heterocycles. The van der Waals surface area contributed by atoms with Crippen LogP contribution in [0.1, 0.15) is 38.2 Å². The Morgan fingerprint density at radius 1 is 1.25 bits per heavy atom. The lowest BCUT2D eigenvalue weighted by atomic mass is 9.93. The number of hydrogen-bond acceptors (Lipinski definition) is 4. The highest BCUT2D eigenvalue weighted by atomic mass is 79.9. The second kappa shape index (κ2) is 8.15. The number of hydrogen-bond donors (Lipinski definition) is 0. The van der Waals surface area contributed by atoms with Crippen LogP contribution in [0.5, 0.6) is 11.5 Å². The van der Waals surface area contributed by atoms with Crippen LogP contribution in [-0.4, -0.2) is 26.8 Å². The summed E-state index contributed by atoms with van der Waals surface area (Å²) in [6.45, 7) is 4.22. The van der Waals surface area contributed by atoms with Crippen molar-refractivity contribution in [3.8, 4) is 11.5 Å². The summed E-state index contributed by atoms with van der Waals surface area (Å²) in [5.74, 6) is 0.752. The highest BCUT2D eigenvalue weighted by molar-refractivity contribution is 9.10. The van der Waals surface area contributed by atoms with Crippen molar-refractivity contribution in [1.29, 1.82) is 0 Å². The molecule has 1 aromatic rings. The molecule has 5 heteroatoms. The number of carbonyl (C=O) groups is 1. The van der Waals surface area contributed by atoms with E-state index in [-0.39, 0.29) is 11.9 Å². The third-order valence-electron chi connectivity index (χ3n) is 3.04. The maximum Gasteiger partial charge on any atom is 0.313 e. The summed E-state index contributed by atoms with van der Waals surface area (Å²) in [6.07, 6.45) is 1.60. The van der Waals surface area contributed by atoms with Crippen LogP contribution in [0.2, 0.25) is 0 Å².